The molecule has 0 saturated carbocycles. The summed E-state index contributed by atoms with van der Waals surface area (Å²) in [6, 6.07) is 15.4. The first-order valence-corrected chi connectivity index (χ1v) is 7.91. The van der Waals surface area contributed by atoms with E-state index < -0.39 is 6.10 Å². The summed E-state index contributed by atoms with van der Waals surface area (Å²) in [7, 11) is 0. The summed E-state index contributed by atoms with van der Waals surface area (Å²) in [5.74, 6) is 0.732. The van der Waals surface area contributed by atoms with Gasteiger partial charge in [0.1, 0.15) is 18.0 Å². The first kappa shape index (κ1) is 15.8. The summed E-state index contributed by atoms with van der Waals surface area (Å²) in [5, 5.41) is 10.4. The van der Waals surface area contributed by atoms with Crippen LogP contribution in [0.15, 0.2) is 59.1 Å². The number of aliphatic hydroxyl groups excluding tert-OH is 1. The maximum Gasteiger partial charge on any atom is 0.147 e. The van der Waals surface area contributed by atoms with E-state index in [0.29, 0.717) is 0 Å². The number of para-hydroxylation sites is 1. The average molecular weight is 347 g/mol. The number of fused-ring (bicyclic) bond motifs is 1. The third-order valence-electron chi connectivity index (χ3n) is 3.19. The van der Waals surface area contributed by atoms with E-state index in [4.69, 9.17) is 4.74 Å². The maximum atomic E-state index is 10.4. The van der Waals surface area contributed by atoms with E-state index in [0.717, 1.165) is 21.3 Å². The van der Waals surface area contributed by atoms with Crippen LogP contribution in [0.2, 0.25) is 0 Å². The Morgan fingerprint density at radius 3 is 2.43 bits per heavy atom. The van der Waals surface area contributed by atoms with Crippen LogP contribution >= 0.6 is 15.9 Å². The van der Waals surface area contributed by atoms with Gasteiger partial charge >= 0.3 is 0 Å². The molecule has 0 bridgehead atoms. The van der Waals surface area contributed by atoms with Gasteiger partial charge in [0, 0.05) is 0 Å². The minimum Gasteiger partial charge on any atom is -0.482 e. The molecule has 1 aliphatic rings. The number of hydrogen-bond donors (Lipinski definition) is 1. The van der Waals surface area contributed by atoms with Gasteiger partial charge in [-0.2, -0.15) is 0 Å². The Kier molecular flexibility index (Phi) is 5.59. The van der Waals surface area contributed by atoms with Gasteiger partial charge in [0.25, 0.3) is 0 Å². The fourth-order valence-corrected chi connectivity index (χ4v) is 2.58. The standard InChI is InChI=1S/C16H13BrO2.C2H6/c17-13-7-3-4-8-14(13)19-15-10-9-11-5-1-2-6-12(11)16(15)18;1-2/h1-10,15-16,18H;1-2H3/t15-,16-;/m1./s1. The zero-order valence-electron chi connectivity index (χ0n) is 12.2. The van der Waals surface area contributed by atoms with Crippen molar-refractivity contribution in [3.63, 3.8) is 0 Å². The molecule has 0 aromatic heterocycles. The van der Waals surface area contributed by atoms with E-state index in [9.17, 15) is 5.11 Å². The van der Waals surface area contributed by atoms with Crippen molar-refractivity contribution in [2.75, 3.05) is 0 Å². The van der Waals surface area contributed by atoms with Crippen LogP contribution in [0.1, 0.15) is 31.1 Å². The molecule has 0 fully saturated rings. The predicted molar refractivity (Wildman–Crippen MR) is 90.3 cm³/mol. The molecule has 0 amide bonds. The Labute approximate surface area is 134 Å². The van der Waals surface area contributed by atoms with E-state index in [1.165, 1.54) is 0 Å². The molecule has 1 aliphatic carbocycles. The first-order chi connectivity index (χ1) is 10.3. The molecule has 2 aromatic rings. The molecule has 0 aliphatic heterocycles. The molecule has 21 heavy (non-hydrogen) atoms. The zero-order valence-corrected chi connectivity index (χ0v) is 13.7. The van der Waals surface area contributed by atoms with Crippen LogP contribution in [-0.4, -0.2) is 11.2 Å². The maximum absolute atomic E-state index is 10.4. The molecular weight excluding hydrogens is 328 g/mol. The van der Waals surface area contributed by atoms with Gasteiger partial charge in [-0.25, -0.2) is 0 Å². The lowest BCUT2D eigenvalue weighted by Gasteiger charge is -2.26. The molecule has 2 aromatic carbocycles. The van der Waals surface area contributed by atoms with E-state index in [1.807, 2.05) is 74.5 Å². The first-order valence-electron chi connectivity index (χ1n) is 7.12. The summed E-state index contributed by atoms with van der Waals surface area (Å²) in [6.07, 6.45) is 2.87. The minimum absolute atomic E-state index is 0.367. The van der Waals surface area contributed by atoms with Crippen molar-refractivity contribution in [3.8, 4) is 5.75 Å². The second kappa shape index (κ2) is 7.43. The predicted octanol–water partition coefficient (Wildman–Crippen LogP) is 4.98. The molecule has 0 heterocycles. The number of ether oxygens (including phenoxy) is 1. The highest BCUT2D eigenvalue weighted by Crippen LogP contribution is 2.32. The van der Waals surface area contributed by atoms with Crippen LogP contribution in [0.4, 0.5) is 0 Å². The number of benzene rings is 2. The molecule has 1 N–H and O–H groups in total. The molecule has 0 spiro atoms. The van der Waals surface area contributed by atoms with Gasteiger partial charge in [-0.1, -0.05) is 56.3 Å². The van der Waals surface area contributed by atoms with Crippen LogP contribution < -0.4 is 4.74 Å². The number of rotatable bonds is 2. The lowest BCUT2D eigenvalue weighted by molar-refractivity contribution is 0.0619. The smallest absolute Gasteiger partial charge is 0.147 e. The van der Waals surface area contributed by atoms with Crippen molar-refractivity contribution < 1.29 is 9.84 Å². The molecule has 2 nitrogen and oxygen atoms in total. The number of hydrogen-bond acceptors (Lipinski definition) is 2. The Balaban J connectivity index is 0.000000774. The third kappa shape index (κ3) is 3.55. The van der Waals surface area contributed by atoms with Crippen LogP contribution in [0, 0.1) is 0 Å². The van der Waals surface area contributed by atoms with Gasteiger partial charge in [-0.3, -0.25) is 0 Å². The number of aliphatic hydroxyl groups is 1. The van der Waals surface area contributed by atoms with Crippen molar-refractivity contribution in [1.29, 1.82) is 0 Å². The summed E-state index contributed by atoms with van der Waals surface area (Å²) >= 11 is 3.44. The summed E-state index contributed by atoms with van der Waals surface area (Å²) in [4.78, 5) is 0. The highest BCUT2D eigenvalue weighted by Gasteiger charge is 2.25. The topological polar surface area (TPSA) is 29.5 Å². The Bertz CT molecular complexity index is 622. The third-order valence-corrected chi connectivity index (χ3v) is 3.85. The molecular formula is C18H19BrO2. The highest BCUT2D eigenvalue weighted by atomic mass is 79.9. The normalized spacial score (nSPS) is 19.2. The van der Waals surface area contributed by atoms with Crippen molar-refractivity contribution >= 4 is 22.0 Å². The van der Waals surface area contributed by atoms with Gasteiger partial charge in [0.2, 0.25) is 0 Å². The lowest BCUT2D eigenvalue weighted by atomic mass is 9.93. The van der Waals surface area contributed by atoms with Gasteiger partial charge < -0.3 is 9.84 Å². The Hall–Kier alpha value is -1.58. The van der Waals surface area contributed by atoms with Crippen LogP contribution in [-0.2, 0) is 0 Å². The Morgan fingerprint density at radius 2 is 1.67 bits per heavy atom. The lowest BCUT2D eigenvalue weighted by Crippen LogP contribution is -2.26. The molecule has 0 unspecified atom stereocenters. The quantitative estimate of drug-likeness (QED) is 0.830. The van der Waals surface area contributed by atoms with Crippen LogP contribution in [0.3, 0.4) is 0 Å². The summed E-state index contributed by atoms with van der Waals surface area (Å²) < 4.78 is 6.76. The SMILES string of the molecule is CC.O[C@@H]1c2ccccc2C=C[C@H]1Oc1ccccc1Br. The molecule has 3 heteroatoms. The molecule has 0 saturated heterocycles. The molecule has 3 rings (SSSR count). The fourth-order valence-electron chi connectivity index (χ4n) is 2.20. The Morgan fingerprint density at radius 1 is 1.00 bits per heavy atom. The molecule has 2 atom stereocenters. The largest absolute Gasteiger partial charge is 0.482 e. The summed E-state index contributed by atoms with van der Waals surface area (Å²) in [6.45, 7) is 4.00. The highest BCUT2D eigenvalue weighted by molar-refractivity contribution is 9.10. The molecule has 0 radical (unpaired) electrons. The van der Waals surface area contributed by atoms with Crippen molar-refractivity contribution in [1.82, 2.24) is 0 Å². The summed E-state index contributed by atoms with van der Waals surface area (Å²) in [5.41, 5.74) is 1.95. The second-order valence-electron chi connectivity index (χ2n) is 4.45. The molecule has 110 valence electrons. The van der Waals surface area contributed by atoms with Crippen LogP contribution in [0.5, 0.6) is 5.75 Å². The monoisotopic (exact) mass is 346 g/mol. The fraction of sp³-hybridized carbons (Fsp3) is 0.222. The van der Waals surface area contributed by atoms with Crippen molar-refractivity contribution in [2.45, 2.75) is 26.1 Å². The second-order valence-corrected chi connectivity index (χ2v) is 5.30. The number of halogens is 1. The minimum atomic E-state index is -0.645. The van der Waals surface area contributed by atoms with Gasteiger partial charge in [-0.15, -0.1) is 0 Å². The van der Waals surface area contributed by atoms with Gasteiger partial charge in [0.05, 0.1) is 4.47 Å². The van der Waals surface area contributed by atoms with E-state index in [2.05, 4.69) is 15.9 Å². The zero-order chi connectivity index (χ0) is 15.2. The van der Waals surface area contributed by atoms with E-state index in [-0.39, 0.29) is 6.10 Å². The van der Waals surface area contributed by atoms with E-state index >= 15 is 0 Å². The average Bonchev–Trinajstić information content (AvgIpc) is 2.54. The van der Waals surface area contributed by atoms with Gasteiger partial charge in [-0.05, 0) is 45.3 Å². The van der Waals surface area contributed by atoms with Gasteiger partial charge in [0.15, 0.2) is 0 Å². The van der Waals surface area contributed by atoms with E-state index in [1.54, 1.807) is 0 Å². The van der Waals surface area contributed by atoms with Crippen molar-refractivity contribution in [2.24, 2.45) is 0 Å². The van der Waals surface area contributed by atoms with Crippen molar-refractivity contribution in [3.05, 3.63) is 70.2 Å². The van der Waals surface area contributed by atoms with Crippen LogP contribution in [0.25, 0.3) is 6.08 Å².